The molecular formula is C14H9BrFNO3. The number of carboxylic acids is 1. The number of rotatable bonds is 3. The molecule has 0 radical (unpaired) electrons. The first-order valence-electron chi connectivity index (χ1n) is 5.58. The van der Waals surface area contributed by atoms with Gasteiger partial charge in [-0.2, -0.15) is 0 Å². The summed E-state index contributed by atoms with van der Waals surface area (Å²) in [4.78, 5) is 23.1. The molecule has 102 valence electrons. The molecule has 0 spiro atoms. The third kappa shape index (κ3) is 3.03. The lowest BCUT2D eigenvalue weighted by Gasteiger charge is -2.10. The summed E-state index contributed by atoms with van der Waals surface area (Å²) in [6, 6.07) is 9.66. The van der Waals surface area contributed by atoms with Crippen molar-refractivity contribution >= 4 is 33.5 Å². The van der Waals surface area contributed by atoms with Crippen LogP contribution in [0.1, 0.15) is 20.7 Å². The predicted octanol–water partition coefficient (Wildman–Crippen LogP) is 3.54. The lowest BCUT2D eigenvalue weighted by molar-refractivity contribution is 0.0698. The van der Waals surface area contributed by atoms with Crippen LogP contribution in [0.5, 0.6) is 0 Å². The number of amides is 1. The fraction of sp³-hybridized carbons (Fsp3) is 0. The standard InChI is InChI=1S/C14H9BrFNO3/c15-11-6-2-5-10(14(19)20)12(11)17-13(18)8-3-1-4-9(16)7-8/h1-7H,(H,17,18)(H,19,20). The van der Waals surface area contributed by atoms with Crippen molar-refractivity contribution in [2.75, 3.05) is 5.32 Å². The van der Waals surface area contributed by atoms with Crippen LogP contribution in [0, 0.1) is 5.82 Å². The molecule has 0 unspecified atom stereocenters. The highest BCUT2D eigenvalue weighted by Crippen LogP contribution is 2.27. The second kappa shape index (κ2) is 5.83. The number of benzene rings is 2. The Balaban J connectivity index is 2.35. The maximum atomic E-state index is 13.1. The van der Waals surface area contributed by atoms with E-state index in [-0.39, 0.29) is 16.8 Å². The molecule has 0 aliphatic rings. The number of carbonyl (C=O) groups is 2. The Morgan fingerprint density at radius 2 is 1.85 bits per heavy atom. The van der Waals surface area contributed by atoms with Crippen LogP contribution in [0.25, 0.3) is 0 Å². The average molecular weight is 338 g/mol. The number of halogens is 2. The van der Waals surface area contributed by atoms with Gasteiger partial charge in [-0.05, 0) is 46.3 Å². The summed E-state index contributed by atoms with van der Waals surface area (Å²) < 4.78 is 13.5. The van der Waals surface area contributed by atoms with Crippen molar-refractivity contribution in [2.45, 2.75) is 0 Å². The van der Waals surface area contributed by atoms with Gasteiger partial charge in [0.15, 0.2) is 0 Å². The number of nitrogens with one attached hydrogen (secondary N) is 1. The molecule has 0 heterocycles. The Bertz CT molecular complexity index is 688. The van der Waals surface area contributed by atoms with Crippen molar-refractivity contribution < 1.29 is 19.1 Å². The van der Waals surface area contributed by atoms with Crippen LogP contribution >= 0.6 is 15.9 Å². The van der Waals surface area contributed by atoms with E-state index in [1.807, 2.05) is 0 Å². The van der Waals surface area contributed by atoms with Gasteiger partial charge in [0.1, 0.15) is 5.82 Å². The van der Waals surface area contributed by atoms with Crippen LogP contribution in [0.2, 0.25) is 0 Å². The number of aromatic carboxylic acids is 1. The molecule has 0 aliphatic carbocycles. The molecule has 20 heavy (non-hydrogen) atoms. The first-order valence-corrected chi connectivity index (χ1v) is 6.37. The van der Waals surface area contributed by atoms with Crippen molar-refractivity contribution in [2.24, 2.45) is 0 Å². The second-order valence-corrected chi connectivity index (χ2v) is 4.79. The van der Waals surface area contributed by atoms with E-state index in [9.17, 15) is 14.0 Å². The average Bonchev–Trinajstić information content (AvgIpc) is 2.40. The number of anilines is 1. The molecule has 2 aromatic carbocycles. The van der Waals surface area contributed by atoms with Gasteiger partial charge < -0.3 is 10.4 Å². The minimum atomic E-state index is -1.17. The SMILES string of the molecule is O=C(Nc1c(Br)cccc1C(=O)O)c1cccc(F)c1. The third-order valence-electron chi connectivity index (χ3n) is 2.57. The van der Waals surface area contributed by atoms with Gasteiger partial charge in [-0.25, -0.2) is 9.18 Å². The zero-order valence-electron chi connectivity index (χ0n) is 10.1. The maximum absolute atomic E-state index is 13.1. The van der Waals surface area contributed by atoms with E-state index >= 15 is 0 Å². The first-order chi connectivity index (χ1) is 9.49. The quantitative estimate of drug-likeness (QED) is 0.900. The third-order valence-corrected chi connectivity index (χ3v) is 3.23. The van der Waals surface area contributed by atoms with Gasteiger partial charge in [0.2, 0.25) is 0 Å². The fourth-order valence-corrected chi connectivity index (χ4v) is 2.11. The second-order valence-electron chi connectivity index (χ2n) is 3.93. The van der Waals surface area contributed by atoms with Gasteiger partial charge in [-0.3, -0.25) is 4.79 Å². The molecule has 2 aromatic rings. The molecular weight excluding hydrogens is 329 g/mol. The monoisotopic (exact) mass is 337 g/mol. The molecule has 4 nitrogen and oxygen atoms in total. The molecule has 0 fully saturated rings. The molecule has 2 N–H and O–H groups in total. The van der Waals surface area contributed by atoms with Crippen LogP contribution in [-0.4, -0.2) is 17.0 Å². The van der Waals surface area contributed by atoms with E-state index in [0.29, 0.717) is 4.47 Å². The van der Waals surface area contributed by atoms with E-state index < -0.39 is 17.7 Å². The van der Waals surface area contributed by atoms with Crippen LogP contribution < -0.4 is 5.32 Å². The highest BCUT2D eigenvalue weighted by atomic mass is 79.9. The Labute approximate surface area is 122 Å². The lowest BCUT2D eigenvalue weighted by Crippen LogP contribution is -2.15. The van der Waals surface area contributed by atoms with Crippen molar-refractivity contribution in [1.29, 1.82) is 0 Å². The van der Waals surface area contributed by atoms with E-state index in [4.69, 9.17) is 5.11 Å². The van der Waals surface area contributed by atoms with Gasteiger partial charge in [0.05, 0.1) is 11.3 Å². The largest absolute Gasteiger partial charge is 0.478 e. The fourth-order valence-electron chi connectivity index (χ4n) is 1.64. The van der Waals surface area contributed by atoms with Crippen molar-refractivity contribution in [3.63, 3.8) is 0 Å². The van der Waals surface area contributed by atoms with Crippen molar-refractivity contribution in [3.8, 4) is 0 Å². The molecule has 0 aromatic heterocycles. The molecule has 1 amide bonds. The maximum Gasteiger partial charge on any atom is 0.337 e. The highest BCUT2D eigenvalue weighted by molar-refractivity contribution is 9.10. The molecule has 2 rings (SSSR count). The number of carboxylic acid groups (broad SMARTS) is 1. The number of hydrogen-bond acceptors (Lipinski definition) is 2. The number of carbonyl (C=O) groups excluding carboxylic acids is 1. The van der Waals surface area contributed by atoms with E-state index in [0.717, 1.165) is 6.07 Å². The molecule has 6 heteroatoms. The van der Waals surface area contributed by atoms with Crippen molar-refractivity contribution in [1.82, 2.24) is 0 Å². The minimum Gasteiger partial charge on any atom is -0.478 e. The summed E-state index contributed by atoms with van der Waals surface area (Å²) in [5.41, 5.74) is 0.190. The van der Waals surface area contributed by atoms with E-state index in [2.05, 4.69) is 21.2 Å². The summed E-state index contributed by atoms with van der Waals surface area (Å²) >= 11 is 3.18. The summed E-state index contributed by atoms with van der Waals surface area (Å²) in [5.74, 6) is -2.29. The molecule has 0 atom stereocenters. The van der Waals surface area contributed by atoms with Crippen LogP contribution in [0.15, 0.2) is 46.9 Å². The molecule has 0 aliphatic heterocycles. The van der Waals surface area contributed by atoms with Gasteiger partial charge in [-0.1, -0.05) is 12.1 Å². The van der Waals surface area contributed by atoms with E-state index in [1.165, 1.54) is 24.3 Å². The van der Waals surface area contributed by atoms with Gasteiger partial charge in [0, 0.05) is 10.0 Å². The molecule has 0 bridgehead atoms. The van der Waals surface area contributed by atoms with Crippen molar-refractivity contribution in [3.05, 3.63) is 63.9 Å². The number of para-hydroxylation sites is 1. The van der Waals surface area contributed by atoms with Crippen LogP contribution in [0.4, 0.5) is 10.1 Å². The number of hydrogen-bond donors (Lipinski definition) is 2. The normalized spacial score (nSPS) is 10.1. The van der Waals surface area contributed by atoms with Gasteiger partial charge in [0.25, 0.3) is 5.91 Å². The van der Waals surface area contributed by atoms with Gasteiger partial charge in [-0.15, -0.1) is 0 Å². The first kappa shape index (κ1) is 14.2. The Kier molecular flexibility index (Phi) is 4.14. The zero-order chi connectivity index (χ0) is 14.7. The smallest absolute Gasteiger partial charge is 0.337 e. The Morgan fingerprint density at radius 1 is 1.15 bits per heavy atom. The van der Waals surface area contributed by atoms with Crippen LogP contribution in [0.3, 0.4) is 0 Å². The predicted molar refractivity (Wildman–Crippen MR) is 75.5 cm³/mol. The topological polar surface area (TPSA) is 66.4 Å². The molecule has 0 saturated carbocycles. The Hall–Kier alpha value is -2.21. The summed E-state index contributed by atoms with van der Waals surface area (Å²) in [5, 5.41) is 11.6. The van der Waals surface area contributed by atoms with E-state index in [1.54, 1.807) is 12.1 Å². The van der Waals surface area contributed by atoms with Crippen LogP contribution in [-0.2, 0) is 0 Å². The zero-order valence-corrected chi connectivity index (χ0v) is 11.6. The minimum absolute atomic E-state index is 0.0517. The Morgan fingerprint density at radius 3 is 2.50 bits per heavy atom. The molecule has 0 saturated heterocycles. The van der Waals surface area contributed by atoms with Gasteiger partial charge >= 0.3 is 5.97 Å². The summed E-state index contributed by atoms with van der Waals surface area (Å²) in [6.45, 7) is 0. The lowest BCUT2D eigenvalue weighted by atomic mass is 10.1. The summed E-state index contributed by atoms with van der Waals surface area (Å²) in [7, 11) is 0. The summed E-state index contributed by atoms with van der Waals surface area (Å²) in [6.07, 6.45) is 0. The highest BCUT2D eigenvalue weighted by Gasteiger charge is 2.16.